The Bertz CT molecular complexity index is 966. The molecule has 1 aromatic heterocycles. The van der Waals surface area contributed by atoms with Gasteiger partial charge in [-0.1, -0.05) is 0 Å². The van der Waals surface area contributed by atoms with Crippen molar-refractivity contribution in [2.45, 2.75) is 6.92 Å². The lowest BCUT2D eigenvalue weighted by atomic mass is 10.0. The lowest BCUT2D eigenvalue weighted by Crippen LogP contribution is -2.13. The van der Waals surface area contributed by atoms with Crippen molar-refractivity contribution < 1.29 is 18.0 Å². The molecule has 0 spiro atoms. The van der Waals surface area contributed by atoms with Gasteiger partial charge in [-0.15, -0.1) is 0 Å². The monoisotopic (exact) mass is 345 g/mol. The fraction of sp³-hybridized carbons (Fsp3) is 0.111. The van der Waals surface area contributed by atoms with Gasteiger partial charge in [-0.25, -0.2) is 13.2 Å². The molecule has 0 radical (unpaired) electrons. The van der Waals surface area contributed by atoms with E-state index >= 15 is 0 Å². The van der Waals surface area contributed by atoms with Crippen molar-refractivity contribution in [3.63, 3.8) is 0 Å². The van der Waals surface area contributed by atoms with E-state index < -0.39 is 23.4 Å². The zero-order valence-corrected chi connectivity index (χ0v) is 13.5. The molecule has 0 saturated carbocycles. The van der Waals surface area contributed by atoms with Crippen molar-refractivity contribution in [2.75, 3.05) is 5.32 Å². The molecular weight excluding hydrogens is 331 g/mol. The number of aryl methyl sites for hydroxylation is 2. The predicted molar refractivity (Wildman–Crippen MR) is 87.7 cm³/mol. The molecule has 0 unspecified atom stereocenters. The number of benzene rings is 2. The van der Waals surface area contributed by atoms with Crippen LogP contribution >= 0.6 is 0 Å². The summed E-state index contributed by atoms with van der Waals surface area (Å²) in [5.74, 6) is -2.65. The fourth-order valence-corrected chi connectivity index (χ4v) is 2.57. The van der Waals surface area contributed by atoms with Gasteiger partial charge in [0.15, 0.2) is 0 Å². The average Bonchev–Trinajstić information content (AvgIpc) is 2.88. The van der Waals surface area contributed by atoms with Crippen LogP contribution in [0.5, 0.6) is 0 Å². The van der Waals surface area contributed by atoms with Crippen molar-refractivity contribution in [1.29, 1.82) is 0 Å². The molecule has 0 aliphatic heterocycles. The van der Waals surface area contributed by atoms with Crippen LogP contribution in [0.15, 0.2) is 42.6 Å². The van der Waals surface area contributed by atoms with Gasteiger partial charge in [0, 0.05) is 36.1 Å². The van der Waals surface area contributed by atoms with Gasteiger partial charge >= 0.3 is 0 Å². The fourth-order valence-electron chi connectivity index (χ4n) is 2.57. The molecule has 0 atom stereocenters. The Morgan fingerprint density at radius 2 is 1.72 bits per heavy atom. The molecule has 0 saturated heterocycles. The van der Waals surface area contributed by atoms with Crippen LogP contribution in [0.4, 0.5) is 18.9 Å². The number of halogens is 3. The third-order valence-electron chi connectivity index (χ3n) is 3.71. The van der Waals surface area contributed by atoms with E-state index in [9.17, 15) is 18.0 Å². The number of nitrogens with one attached hydrogen (secondary N) is 1. The topological polar surface area (TPSA) is 46.9 Å². The van der Waals surface area contributed by atoms with Crippen LogP contribution in [0.25, 0.3) is 11.1 Å². The number of rotatable bonds is 3. The highest BCUT2D eigenvalue weighted by molar-refractivity contribution is 6.06. The van der Waals surface area contributed by atoms with Gasteiger partial charge in [-0.2, -0.15) is 5.10 Å². The van der Waals surface area contributed by atoms with E-state index in [-0.39, 0.29) is 16.8 Å². The summed E-state index contributed by atoms with van der Waals surface area (Å²) in [7, 11) is 1.68. The first-order chi connectivity index (χ1) is 11.8. The molecule has 1 amide bonds. The summed E-state index contributed by atoms with van der Waals surface area (Å²) in [6.07, 6.45) is 1.55. The highest BCUT2D eigenvalue weighted by Gasteiger charge is 2.17. The largest absolute Gasteiger partial charge is 0.321 e. The summed E-state index contributed by atoms with van der Waals surface area (Å²) in [6.45, 7) is 1.68. The van der Waals surface area contributed by atoms with Gasteiger partial charge in [-0.05, 0) is 37.3 Å². The number of hydrogen-bond acceptors (Lipinski definition) is 2. The molecule has 0 bridgehead atoms. The summed E-state index contributed by atoms with van der Waals surface area (Å²) >= 11 is 0. The third-order valence-corrected chi connectivity index (χ3v) is 3.71. The van der Waals surface area contributed by atoms with E-state index in [1.165, 1.54) is 16.8 Å². The van der Waals surface area contributed by atoms with E-state index in [2.05, 4.69) is 10.4 Å². The molecule has 0 fully saturated rings. The Morgan fingerprint density at radius 1 is 1.04 bits per heavy atom. The van der Waals surface area contributed by atoms with Gasteiger partial charge < -0.3 is 5.32 Å². The highest BCUT2D eigenvalue weighted by atomic mass is 19.1. The second-order valence-corrected chi connectivity index (χ2v) is 5.57. The van der Waals surface area contributed by atoms with Crippen molar-refractivity contribution in [3.05, 3.63) is 71.3 Å². The lowest BCUT2D eigenvalue weighted by Gasteiger charge is -2.12. The number of carbonyl (C=O) groups excluding carboxylic acids is 1. The van der Waals surface area contributed by atoms with Gasteiger partial charge in [0.25, 0.3) is 5.91 Å². The van der Waals surface area contributed by atoms with E-state index in [4.69, 9.17) is 0 Å². The molecule has 4 nitrogen and oxygen atoms in total. The van der Waals surface area contributed by atoms with E-state index in [1.807, 2.05) is 0 Å². The second-order valence-electron chi connectivity index (χ2n) is 5.57. The summed E-state index contributed by atoms with van der Waals surface area (Å²) < 4.78 is 42.4. The molecule has 25 heavy (non-hydrogen) atoms. The Labute approximate surface area is 141 Å². The first-order valence-electron chi connectivity index (χ1n) is 7.41. The van der Waals surface area contributed by atoms with Gasteiger partial charge in [0.05, 0.1) is 11.3 Å². The minimum atomic E-state index is -0.848. The first-order valence-corrected chi connectivity index (χ1v) is 7.41. The molecule has 2 aromatic carbocycles. The maximum absolute atomic E-state index is 14.1. The van der Waals surface area contributed by atoms with Gasteiger partial charge in [-0.3, -0.25) is 9.48 Å². The van der Waals surface area contributed by atoms with E-state index in [1.54, 1.807) is 20.2 Å². The van der Waals surface area contributed by atoms with Crippen LogP contribution in [0, 0.1) is 24.4 Å². The zero-order valence-electron chi connectivity index (χ0n) is 13.5. The average molecular weight is 345 g/mol. The summed E-state index contributed by atoms with van der Waals surface area (Å²) in [6, 6.07) is 6.54. The number of amides is 1. The first kappa shape index (κ1) is 16.8. The maximum atomic E-state index is 14.1. The minimum absolute atomic E-state index is 0.0147. The Balaban J connectivity index is 2.02. The summed E-state index contributed by atoms with van der Waals surface area (Å²) in [4.78, 5) is 12.4. The molecule has 0 aliphatic rings. The van der Waals surface area contributed by atoms with Crippen LogP contribution in [-0.2, 0) is 7.05 Å². The smallest absolute Gasteiger partial charge is 0.259 e. The van der Waals surface area contributed by atoms with Crippen LogP contribution < -0.4 is 5.32 Å². The lowest BCUT2D eigenvalue weighted by molar-refractivity contribution is 0.102. The van der Waals surface area contributed by atoms with Crippen molar-refractivity contribution in [1.82, 2.24) is 9.78 Å². The van der Waals surface area contributed by atoms with E-state index in [0.29, 0.717) is 17.3 Å². The van der Waals surface area contributed by atoms with E-state index in [0.717, 1.165) is 18.2 Å². The Hall–Kier alpha value is -3.09. The van der Waals surface area contributed by atoms with Gasteiger partial charge in [0.2, 0.25) is 0 Å². The maximum Gasteiger partial charge on any atom is 0.259 e. The third kappa shape index (κ3) is 3.40. The number of hydrogen-bond donors (Lipinski definition) is 1. The van der Waals surface area contributed by atoms with Crippen LogP contribution in [-0.4, -0.2) is 15.7 Å². The molecule has 3 rings (SSSR count). The molecule has 0 aliphatic carbocycles. The SMILES string of the molecule is Cc1nn(C)cc1C(=O)Nc1ccc(F)cc1-c1ccc(F)cc1F. The van der Waals surface area contributed by atoms with Crippen molar-refractivity contribution in [3.8, 4) is 11.1 Å². The van der Waals surface area contributed by atoms with Crippen LogP contribution in [0.1, 0.15) is 16.1 Å². The second kappa shape index (κ2) is 6.43. The standard InChI is InChI=1S/C18H14F3N3O/c1-10-15(9-24(2)23-10)18(25)22-17-6-4-11(19)7-14(17)13-5-3-12(20)8-16(13)21/h3-9H,1-2H3,(H,22,25). The van der Waals surface area contributed by atoms with Gasteiger partial charge in [0.1, 0.15) is 17.5 Å². The Morgan fingerprint density at radius 3 is 2.36 bits per heavy atom. The quantitative estimate of drug-likeness (QED) is 0.778. The highest BCUT2D eigenvalue weighted by Crippen LogP contribution is 2.31. The predicted octanol–water partition coefficient (Wildman–Crippen LogP) is 4.07. The minimum Gasteiger partial charge on any atom is -0.321 e. The summed E-state index contributed by atoms with van der Waals surface area (Å²) in [5, 5.41) is 6.72. The molecule has 1 N–H and O–H groups in total. The molecular formula is C18H14F3N3O. The van der Waals surface area contributed by atoms with Crippen molar-refractivity contribution in [2.24, 2.45) is 7.05 Å². The number of anilines is 1. The normalized spacial score (nSPS) is 10.8. The number of carbonyl (C=O) groups is 1. The summed E-state index contributed by atoms with van der Waals surface area (Å²) in [5.41, 5.74) is 1.18. The molecule has 7 heteroatoms. The molecule has 1 heterocycles. The Kier molecular flexibility index (Phi) is 4.31. The zero-order chi connectivity index (χ0) is 18.1. The molecule has 3 aromatic rings. The molecule has 128 valence electrons. The van der Waals surface area contributed by atoms with Crippen LogP contribution in [0.3, 0.4) is 0 Å². The van der Waals surface area contributed by atoms with Crippen LogP contribution in [0.2, 0.25) is 0 Å². The number of nitrogens with zero attached hydrogens (tertiary/aromatic N) is 2. The number of aromatic nitrogens is 2. The van der Waals surface area contributed by atoms with Crippen molar-refractivity contribution >= 4 is 11.6 Å².